The van der Waals surface area contributed by atoms with Gasteiger partial charge in [-0.15, -0.1) is 0 Å². The molecule has 1 atom stereocenters. The van der Waals surface area contributed by atoms with Crippen molar-refractivity contribution in [2.75, 3.05) is 39.5 Å². The molecule has 4 amide bonds. The van der Waals surface area contributed by atoms with Crippen LogP contribution in [0.1, 0.15) is 24.0 Å². The van der Waals surface area contributed by atoms with Gasteiger partial charge >= 0.3 is 6.09 Å². The van der Waals surface area contributed by atoms with Gasteiger partial charge < -0.3 is 35.9 Å². The Balaban J connectivity index is 1.60. The number of nitrogens with zero attached hydrogens (tertiary/aromatic N) is 4. The normalized spacial score (nSPS) is 11.0. The molecule has 0 aliphatic rings. The monoisotopic (exact) mass is 614 g/mol. The molecule has 44 heavy (non-hydrogen) atoms. The van der Waals surface area contributed by atoms with Crippen LogP contribution in [0.3, 0.4) is 0 Å². The number of hydrogen-bond acceptors (Lipinski definition) is 10. The van der Waals surface area contributed by atoms with Crippen molar-refractivity contribution in [3.05, 3.63) is 80.2 Å². The second-order valence-electron chi connectivity index (χ2n) is 9.07. The number of primary amides is 1. The third kappa shape index (κ3) is 14.1. The number of ether oxygens (including phenoxy) is 3. The molecule has 17 nitrogen and oxygen atoms in total. The molecule has 2 aromatic rings. The first-order chi connectivity index (χ1) is 21.2. The van der Waals surface area contributed by atoms with Gasteiger partial charge in [-0.05, 0) is 17.5 Å². The zero-order valence-corrected chi connectivity index (χ0v) is 23.8. The fraction of sp³-hybridized carbons (Fsp3) is 0.407. The van der Waals surface area contributed by atoms with E-state index in [1.807, 2.05) is 6.07 Å². The maximum absolute atomic E-state index is 12.5. The van der Waals surface area contributed by atoms with Crippen LogP contribution in [0.15, 0.2) is 53.6 Å². The highest BCUT2D eigenvalue weighted by molar-refractivity contribution is 5.86. The average molecular weight is 615 g/mol. The number of nitro benzene ring substituents is 1. The van der Waals surface area contributed by atoms with Crippen molar-refractivity contribution in [1.29, 1.82) is 0 Å². The topological polar surface area (TPSA) is 250 Å². The summed E-state index contributed by atoms with van der Waals surface area (Å²) in [6.07, 6.45) is -1.18. The van der Waals surface area contributed by atoms with Gasteiger partial charge in [-0.1, -0.05) is 47.6 Å². The van der Waals surface area contributed by atoms with E-state index < -0.39 is 34.8 Å². The number of benzene rings is 2. The van der Waals surface area contributed by atoms with Gasteiger partial charge in [0.15, 0.2) is 0 Å². The molecule has 0 radical (unpaired) electrons. The molecule has 0 spiro atoms. The van der Waals surface area contributed by atoms with Crippen LogP contribution in [0.4, 0.5) is 16.2 Å². The maximum atomic E-state index is 12.5. The molecular formula is C27H34N8O9. The molecule has 2 rings (SSSR count). The van der Waals surface area contributed by atoms with Crippen molar-refractivity contribution in [3.63, 3.8) is 0 Å². The lowest BCUT2D eigenvalue weighted by Gasteiger charge is -2.18. The number of carbonyl (C=O) groups excluding carboxylic acids is 4. The number of azide groups is 1. The summed E-state index contributed by atoms with van der Waals surface area (Å²) >= 11 is 0. The summed E-state index contributed by atoms with van der Waals surface area (Å²) in [5.41, 5.74) is 14.3. The Morgan fingerprint density at radius 3 is 2.32 bits per heavy atom. The van der Waals surface area contributed by atoms with Crippen molar-refractivity contribution < 1.29 is 38.3 Å². The van der Waals surface area contributed by atoms with Gasteiger partial charge in [-0.25, -0.2) is 4.79 Å². The molecule has 2 aromatic carbocycles. The van der Waals surface area contributed by atoms with Crippen LogP contribution >= 0.6 is 0 Å². The van der Waals surface area contributed by atoms with E-state index >= 15 is 0 Å². The third-order valence-electron chi connectivity index (χ3n) is 5.76. The Kier molecular flexibility index (Phi) is 15.7. The first-order valence-corrected chi connectivity index (χ1v) is 13.5. The molecule has 1 unspecified atom stereocenters. The van der Waals surface area contributed by atoms with Gasteiger partial charge in [0.2, 0.25) is 17.7 Å². The minimum absolute atomic E-state index is 0.00652. The smallest absolute Gasteiger partial charge is 0.408 e. The first kappa shape index (κ1) is 34.9. The number of nitrogens with two attached hydrogens (primary N) is 1. The molecule has 0 saturated carbocycles. The predicted molar refractivity (Wildman–Crippen MR) is 155 cm³/mol. The molecule has 236 valence electrons. The van der Waals surface area contributed by atoms with Crippen molar-refractivity contribution in [1.82, 2.24) is 16.0 Å². The molecule has 0 saturated heterocycles. The van der Waals surface area contributed by atoms with Crippen molar-refractivity contribution in [3.8, 4) is 0 Å². The van der Waals surface area contributed by atoms with Gasteiger partial charge in [0.05, 0.1) is 37.8 Å². The second kappa shape index (κ2) is 19.8. The fourth-order valence-electron chi connectivity index (χ4n) is 3.64. The number of rotatable bonds is 20. The lowest BCUT2D eigenvalue weighted by Crippen LogP contribution is -2.48. The molecule has 5 N–H and O–H groups in total. The Bertz CT molecular complexity index is 1320. The molecule has 0 aliphatic heterocycles. The summed E-state index contributed by atoms with van der Waals surface area (Å²) in [5, 5.41) is 22.2. The molecule has 0 heterocycles. The van der Waals surface area contributed by atoms with E-state index in [4.69, 9.17) is 25.5 Å². The van der Waals surface area contributed by atoms with Gasteiger partial charge in [-0.3, -0.25) is 24.5 Å². The third-order valence-corrected chi connectivity index (χ3v) is 5.76. The van der Waals surface area contributed by atoms with Crippen LogP contribution in [0.2, 0.25) is 0 Å². The summed E-state index contributed by atoms with van der Waals surface area (Å²) in [6.45, 7) is 1.00. The zero-order valence-electron chi connectivity index (χ0n) is 23.8. The minimum atomic E-state index is -1.03. The number of nitrogens with one attached hydrogen (secondary N) is 3. The zero-order chi connectivity index (χ0) is 32.2. The van der Waals surface area contributed by atoms with E-state index in [0.29, 0.717) is 0 Å². The number of carbonyl (C=O) groups is 4. The van der Waals surface area contributed by atoms with Gasteiger partial charge in [0, 0.05) is 41.7 Å². The second-order valence-corrected chi connectivity index (χ2v) is 9.07. The van der Waals surface area contributed by atoms with Gasteiger partial charge in [-0.2, -0.15) is 0 Å². The predicted octanol–water partition coefficient (Wildman–Crippen LogP) is 1.91. The Hall–Kier alpha value is -5.25. The Morgan fingerprint density at radius 2 is 1.68 bits per heavy atom. The number of nitro groups is 1. The first-order valence-electron chi connectivity index (χ1n) is 13.5. The summed E-state index contributed by atoms with van der Waals surface area (Å²) in [5.74, 6) is -1.60. The lowest BCUT2D eigenvalue weighted by atomic mass is 10.1. The van der Waals surface area contributed by atoms with Crippen molar-refractivity contribution >= 4 is 35.2 Å². The lowest BCUT2D eigenvalue weighted by molar-refractivity contribution is -0.385. The van der Waals surface area contributed by atoms with Gasteiger partial charge in [0.1, 0.15) is 12.6 Å². The molecule has 17 heteroatoms. The van der Waals surface area contributed by atoms with Crippen LogP contribution in [-0.2, 0) is 41.6 Å². The van der Waals surface area contributed by atoms with E-state index in [1.54, 1.807) is 24.3 Å². The van der Waals surface area contributed by atoms with Crippen LogP contribution in [0.5, 0.6) is 0 Å². The van der Waals surface area contributed by atoms with E-state index in [0.717, 1.165) is 11.6 Å². The fourth-order valence-corrected chi connectivity index (χ4v) is 3.64. The molecular weight excluding hydrogens is 580 g/mol. The summed E-state index contributed by atoms with van der Waals surface area (Å²) in [6, 6.07) is 11.8. The summed E-state index contributed by atoms with van der Waals surface area (Å²) < 4.78 is 15.9. The molecule has 0 aromatic heterocycles. The van der Waals surface area contributed by atoms with E-state index in [1.165, 1.54) is 12.1 Å². The Labute approximate surface area is 252 Å². The summed E-state index contributed by atoms with van der Waals surface area (Å²) in [4.78, 5) is 61.2. The van der Waals surface area contributed by atoms with Crippen molar-refractivity contribution in [2.24, 2.45) is 10.8 Å². The van der Waals surface area contributed by atoms with Gasteiger partial charge in [0.25, 0.3) is 5.69 Å². The maximum Gasteiger partial charge on any atom is 0.408 e. The number of hydrogen-bond donors (Lipinski definition) is 4. The SMILES string of the molecule is [N-]=[N+]=Nc1ccc(CC(=O)NCCOCCOCCNC(=O)C(CCC(N)=O)NC(=O)OCc2ccccc2)c([N+](=O)[O-])c1. The highest BCUT2D eigenvalue weighted by Gasteiger charge is 2.22. The van der Waals surface area contributed by atoms with Crippen LogP contribution in [0, 0.1) is 10.1 Å². The molecule has 0 bridgehead atoms. The van der Waals surface area contributed by atoms with Crippen LogP contribution in [-0.4, -0.2) is 74.3 Å². The quantitative estimate of drug-likeness (QED) is 0.0424. The molecule has 0 fully saturated rings. The highest BCUT2D eigenvalue weighted by Crippen LogP contribution is 2.25. The summed E-state index contributed by atoms with van der Waals surface area (Å²) in [7, 11) is 0. The van der Waals surface area contributed by atoms with E-state index in [9.17, 15) is 29.3 Å². The van der Waals surface area contributed by atoms with Crippen LogP contribution in [0.25, 0.3) is 10.4 Å². The average Bonchev–Trinajstić information content (AvgIpc) is 3.00. The highest BCUT2D eigenvalue weighted by atomic mass is 16.6. The van der Waals surface area contributed by atoms with E-state index in [2.05, 4.69) is 26.0 Å². The largest absolute Gasteiger partial charge is 0.445 e. The van der Waals surface area contributed by atoms with Crippen LogP contribution < -0.4 is 21.7 Å². The van der Waals surface area contributed by atoms with E-state index in [-0.39, 0.29) is 82.3 Å². The Morgan fingerprint density at radius 1 is 1.00 bits per heavy atom. The standard InChI is InChI=1S/C27H34N8O9/c28-24(36)9-8-22(32-27(39)44-18-19-4-2-1-3-5-19)26(38)31-11-13-43-15-14-42-12-10-30-25(37)16-20-6-7-21(33-34-29)17-23(20)35(40)41/h1-7,17,22H,8-16,18H2,(H2,28,36)(H,30,37)(H,31,38)(H,32,39). The number of amides is 4. The number of alkyl carbamates (subject to hydrolysis) is 1. The van der Waals surface area contributed by atoms with Crippen molar-refractivity contribution in [2.45, 2.75) is 31.9 Å². The molecule has 0 aliphatic carbocycles. The minimum Gasteiger partial charge on any atom is -0.445 e.